The Morgan fingerprint density at radius 1 is 1.48 bits per heavy atom. The number of nitrogens with zero attached hydrogens (tertiary/aromatic N) is 4. The second-order valence-corrected chi connectivity index (χ2v) is 6.01. The van der Waals surface area contributed by atoms with Crippen molar-refractivity contribution in [1.82, 2.24) is 9.97 Å². The van der Waals surface area contributed by atoms with Gasteiger partial charge in [0.05, 0.1) is 5.69 Å². The van der Waals surface area contributed by atoms with Crippen LogP contribution < -0.4 is 10.2 Å². The number of carbonyl (C=O) groups is 2. The number of aromatic nitrogens is 2. The summed E-state index contributed by atoms with van der Waals surface area (Å²) in [5.41, 5.74) is 0.374. The molecule has 0 aliphatic carbocycles. The molecule has 2 aromatic rings. The summed E-state index contributed by atoms with van der Waals surface area (Å²) < 4.78 is 0. The standard InChI is InChI=1S/C14H13N5O2S2/c1-3-19(9(2)20)14-17-11(8-23-14)6-10(7-15)12(21)18-13-16-4-5-22-13/h4-6,8H,3H2,1-2H3,(H,16,18,21)/b10-6+. The fraction of sp³-hybridized carbons (Fsp3) is 0.214. The quantitative estimate of drug-likeness (QED) is 0.662. The fourth-order valence-corrected chi connectivity index (χ4v) is 3.12. The van der Waals surface area contributed by atoms with Gasteiger partial charge in [0.1, 0.15) is 11.6 Å². The molecular weight excluding hydrogens is 334 g/mol. The molecule has 2 heterocycles. The van der Waals surface area contributed by atoms with E-state index >= 15 is 0 Å². The number of nitriles is 1. The van der Waals surface area contributed by atoms with Crippen LogP contribution in [0.2, 0.25) is 0 Å². The van der Waals surface area contributed by atoms with Gasteiger partial charge in [-0.2, -0.15) is 5.26 Å². The van der Waals surface area contributed by atoms with Gasteiger partial charge >= 0.3 is 0 Å². The van der Waals surface area contributed by atoms with Crippen LogP contribution in [0, 0.1) is 11.3 Å². The minimum absolute atomic E-state index is 0.0806. The zero-order valence-corrected chi connectivity index (χ0v) is 14.1. The van der Waals surface area contributed by atoms with Crippen LogP contribution in [0.15, 0.2) is 22.5 Å². The van der Waals surface area contributed by atoms with Gasteiger partial charge in [-0.1, -0.05) is 0 Å². The maximum atomic E-state index is 12.0. The smallest absolute Gasteiger partial charge is 0.268 e. The minimum Gasteiger partial charge on any atom is -0.297 e. The summed E-state index contributed by atoms with van der Waals surface area (Å²) in [5, 5.41) is 16.1. The first-order chi connectivity index (χ1) is 11.0. The summed E-state index contributed by atoms with van der Waals surface area (Å²) in [6.45, 7) is 3.81. The molecule has 0 saturated heterocycles. The highest BCUT2D eigenvalue weighted by atomic mass is 32.1. The van der Waals surface area contributed by atoms with Crippen molar-refractivity contribution in [3.05, 3.63) is 28.2 Å². The predicted octanol–water partition coefficient (Wildman–Crippen LogP) is 2.52. The molecule has 0 fully saturated rings. The molecule has 0 saturated carbocycles. The molecule has 2 rings (SSSR count). The Morgan fingerprint density at radius 3 is 2.83 bits per heavy atom. The van der Waals surface area contributed by atoms with Crippen molar-refractivity contribution in [2.24, 2.45) is 0 Å². The SMILES string of the molecule is CCN(C(C)=O)c1nc(/C=C(\C#N)C(=O)Nc2nccs2)cs1. The number of anilines is 2. The summed E-state index contributed by atoms with van der Waals surface area (Å²) in [7, 11) is 0. The molecule has 0 bridgehead atoms. The van der Waals surface area contributed by atoms with Gasteiger partial charge in [0.2, 0.25) is 5.91 Å². The molecule has 118 valence electrons. The van der Waals surface area contributed by atoms with Crippen molar-refractivity contribution < 1.29 is 9.59 Å². The molecule has 0 aliphatic rings. The molecule has 0 aromatic carbocycles. The lowest BCUT2D eigenvalue weighted by molar-refractivity contribution is -0.116. The second-order valence-electron chi connectivity index (χ2n) is 4.28. The topological polar surface area (TPSA) is 99.0 Å². The highest BCUT2D eigenvalue weighted by Crippen LogP contribution is 2.22. The van der Waals surface area contributed by atoms with E-state index in [9.17, 15) is 9.59 Å². The van der Waals surface area contributed by atoms with Gasteiger partial charge in [-0.05, 0) is 13.0 Å². The molecule has 7 nitrogen and oxygen atoms in total. The highest BCUT2D eigenvalue weighted by Gasteiger charge is 2.15. The first kappa shape index (κ1) is 16.8. The average molecular weight is 347 g/mol. The number of rotatable bonds is 5. The Kier molecular flexibility index (Phi) is 5.56. The average Bonchev–Trinajstić information content (AvgIpc) is 3.17. The summed E-state index contributed by atoms with van der Waals surface area (Å²) in [6, 6.07) is 1.85. The molecular formula is C14H13N5O2S2. The van der Waals surface area contributed by atoms with Gasteiger partial charge in [-0.3, -0.25) is 19.8 Å². The first-order valence-electron chi connectivity index (χ1n) is 6.61. The molecule has 0 unspecified atom stereocenters. The summed E-state index contributed by atoms with van der Waals surface area (Å²) >= 11 is 2.54. The van der Waals surface area contributed by atoms with E-state index in [0.29, 0.717) is 22.5 Å². The van der Waals surface area contributed by atoms with Crippen LogP contribution in [0.3, 0.4) is 0 Å². The van der Waals surface area contributed by atoms with E-state index in [1.54, 1.807) is 17.0 Å². The van der Waals surface area contributed by atoms with Crippen LogP contribution in [-0.2, 0) is 9.59 Å². The molecule has 2 aromatic heterocycles. The fourth-order valence-electron chi connectivity index (χ4n) is 1.71. The molecule has 2 amide bonds. The molecule has 1 N–H and O–H groups in total. The van der Waals surface area contributed by atoms with E-state index in [0.717, 1.165) is 0 Å². The zero-order valence-electron chi connectivity index (χ0n) is 12.4. The lowest BCUT2D eigenvalue weighted by Crippen LogP contribution is -2.27. The number of carbonyl (C=O) groups excluding carboxylic acids is 2. The van der Waals surface area contributed by atoms with Crippen molar-refractivity contribution in [1.29, 1.82) is 5.26 Å². The van der Waals surface area contributed by atoms with Crippen LogP contribution in [0.1, 0.15) is 19.5 Å². The van der Waals surface area contributed by atoms with Crippen molar-refractivity contribution >= 4 is 50.8 Å². The van der Waals surface area contributed by atoms with E-state index in [1.807, 2.05) is 13.0 Å². The lowest BCUT2D eigenvalue weighted by Gasteiger charge is -2.14. The Balaban J connectivity index is 2.18. The summed E-state index contributed by atoms with van der Waals surface area (Å²) in [4.78, 5) is 33.3. The normalized spacial score (nSPS) is 10.9. The third kappa shape index (κ3) is 4.21. The maximum Gasteiger partial charge on any atom is 0.268 e. The van der Waals surface area contributed by atoms with Crippen LogP contribution in [0.5, 0.6) is 0 Å². The Bertz CT molecular complexity index is 773. The number of thiazole rings is 2. The molecule has 0 spiro atoms. The van der Waals surface area contributed by atoms with E-state index < -0.39 is 5.91 Å². The van der Waals surface area contributed by atoms with E-state index in [2.05, 4.69) is 15.3 Å². The van der Waals surface area contributed by atoms with Crippen molar-refractivity contribution in [3.8, 4) is 6.07 Å². The van der Waals surface area contributed by atoms with Gasteiger partial charge in [-0.25, -0.2) is 9.97 Å². The van der Waals surface area contributed by atoms with E-state index in [-0.39, 0.29) is 11.5 Å². The van der Waals surface area contributed by atoms with Gasteiger partial charge in [0.15, 0.2) is 10.3 Å². The van der Waals surface area contributed by atoms with Gasteiger partial charge in [-0.15, -0.1) is 22.7 Å². The molecule has 23 heavy (non-hydrogen) atoms. The maximum absolute atomic E-state index is 12.0. The molecule has 9 heteroatoms. The highest BCUT2D eigenvalue weighted by molar-refractivity contribution is 7.14. The van der Waals surface area contributed by atoms with E-state index in [1.165, 1.54) is 40.6 Å². The molecule has 0 radical (unpaired) electrons. The van der Waals surface area contributed by atoms with Gasteiger partial charge < -0.3 is 0 Å². The molecule has 0 aliphatic heterocycles. The third-order valence-corrected chi connectivity index (χ3v) is 4.32. The van der Waals surface area contributed by atoms with Crippen molar-refractivity contribution in [2.75, 3.05) is 16.8 Å². The van der Waals surface area contributed by atoms with Gasteiger partial charge in [0, 0.05) is 30.4 Å². The van der Waals surface area contributed by atoms with Gasteiger partial charge in [0.25, 0.3) is 5.91 Å². The van der Waals surface area contributed by atoms with Crippen molar-refractivity contribution in [3.63, 3.8) is 0 Å². The zero-order chi connectivity index (χ0) is 16.8. The van der Waals surface area contributed by atoms with Crippen LogP contribution in [0.4, 0.5) is 10.3 Å². The Labute approximate surface area is 140 Å². The lowest BCUT2D eigenvalue weighted by atomic mass is 10.2. The largest absolute Gasteiger partial charge is 0.297 e. The first-order valence-corrected chi connectivity index (χ1v) is 8.37. The van der Waals surface area contributed by atoms with E-state index in [4.69, 9.17) is 5.26 Å². The second kappa shape index (κ2) is 7.62. The summed E-state index contributed by atoms with van der Waals surface area (Å²) in [5.74, 6) is -0.657. The van der Waals surface area contributed by atoms with Crippen LogP contribution >= 0.6 is 22.7 Å². The summed E-state index contributed by atoms with van der Waals surface area (Å²) in [6.07, 6.45) is 2.95. The molecule has 0 atom stereocenters. The predicted molar refractivity (Wildman–Crippen MR) is 90.1 cm³/mol. The van der Waals surface area contributed by atoms with Crippen LogP contribution in [-0.4, -0.2) is 28.3 Å². The number of hydrogen-bond donors (Lipinski definition) is 1. The minimum atomic E-state index is -0.545. The number of hydrogen-bond acceptors (Lipinski definition) is 7. The number of nitrogens with one attached hydrogen (secondary N) is 1. The monoisotopic (exact) mass is 347 g/mol. The Morgan fingerprint density at radius 2 is 2.26 bits per heavy atom. The number of amides is 2. The van der Waals surface area contributed by atoms with Crippen molar-refractivity contribution in [2.45, 2.75) is 13.8 Å². The Hall–Kier alpha value is -2.57. The van der Waals surface area contributed by atoms with Crippen LogP contribution in [0.25, 0.3) is 6.08 Å². The third-order valence-electron chi connectivity index (χ3n) is 2.75.